The predicted molar refractivity (Wildman–Crippen MR) is 64.6 cm³/mol. The Morgan fingerprint density at radius 2 is 2.00 bits per heavy atom. The van der Waals surface area contributed by atoms with Crippen LogP contribution in [0.1, 0.15) is 53.4 Å². The number of nitrogens with one attached hydrogen (secondary N) is 1. The van der Waals surface area contributed by atoms with Crippen LogP contribution >= 0.6 is 0 Å². The third-order valence-electron chi connectivity index (χ3n) is 2.34. The maximum Gasteiger partial charge on any atom is 0.220 e. The Labute approximate surface area is 93.8 Å². The average Bonchev–Trinajstić information content (AvgIpc) is 2.10. The number of carbonyl (C=O) groups is 1. The van der Waals surface area contributed by atoms with E-state index in [1.807, 2.05) is 0 Å². The zero-order valence-corrected chi connectivity index (χ0v) is 10.6. The van der Waals surface area contributed by atoms with E-state index in [0.29, 0.717) is 18.4 Å². The Balaban J connectivity index is 3.64. The summed E-state index contributed by atoms with van der Waals surface area (Å²) in [5, 5.41) is 2.99. The first-order valence-corrected chi connectivity index (χ1v) is 5.84. The molecule has 1 amide bonds. The zero-order chi connectivity index (χ0) is 11.9. The van der Waals surface area contributed by atoms with Gasteiger partial charge in [-0.15, -0.1) is 0 Å². The van der Waals surface area contributed by atoms with E-state index in [0.717, 1.165) is 19.3 Å². The highest BCUT2D eigenvalue weighted by Gasteiger charge is 2.13. The van der Waals surface area contributed by atoms with Crippen LogP contribution in [0.3, 0.4) is 0 Å². The van der Waals surface area contributed by atoms with Gasteiger partial charge in [0.05, 0.1) is 0 Å². The molecular formula is C12H26N2O. The summed E-state index contributed by atoms with van der Waals surface area (Å²) in [6, 6.07) is 0.273. The molecule has 0 aliphatic heterocycles. The van der Waals surface area contributed by atoms with Gasteiger partial charge in [-0.2, -0.15) is 0 Å². The first kappa shape index (κ1) is 14.4. The van der Waals surface area contributed by atoms with Gasteiger partial charge in [-0.1, -0.05) is 20.8 Å². The molecule has 90 valence electrons. The molecule has 0 fully saturated rings. The van der Waals surface area contributed by atoms with Crippen molar-refractivity contribution in [3.63, 3.8) is 0 Å². The summed E-state index contributed by atoms with van der Waals surface area (Å²) in [6.07, 6.45) is 3.50. The fraction of sp³-hybridized carbons (Fsp3) is 0.917. The van der Waals surface area contributed by atoms with E-state index < -0.39 is 0 Å². The first-order chi connectivity index (χ1) is 6.85. The minimum Gasteiger partial charge on any atom is -0.354 e. The van der Waals surface area contributed by atoms with Crippen molar-refractivity contribution in [1.82, 2.24) is 5.32 Å². The van der Waals surface area contributed by atoms with Gasteiger partial charge >= 0.3 is 0 Å². The average molecular weight is 214 g/mol. The fourth-order valence-corrected chi connectivity index (χ4v) is 1.33. The lowest BCUT2D eigenvalue weighted by molar-refractivity contribution is -0.121. The van der Waals surface area contributed by atoms with Crippen LogP contribution in [0.2, 0.25) is 0 Å². The van der Waals surface area contributed by atoms with Gasteiger partial charge in [0.1, 0.15) is 0 Å². The van der Waals surface area contributed by atoms with Crippen molar-refractivity contribution in [1.29, 1.82) is 0 Å². The predicted octanol–water partition coefficient (Wildman–Crippen LogP) is 2.06. The fourth-order valence-electron chi connectivity index (χ4n) is 1.33. The van der Waals surface area contributed by atoms with Crippen molar-refractivity contribution < 1.29 is 4.79 Å². The summed E-state index contributed by atoms with van der Waals surface area (Å²) in [4.78, 5) is 11.4. The van der Waals surface area contributed by atoms with Crippen molar-refractivity contribution in [2.24, 2.45) is 11.1 Å². The number of rotatable bonds is 6. The Morgan fingerprint density at radius 1 is 1.40 bits per heavy atom. The van der Waals surface area contributed by atoms with Crippen molar-refractivity contribution in [2.75, 3.05) is 6.54 Å². The van der Waals surface area contributed by atoms with Gasteiger partial charge < -0.3 is 11.1 Å². The third-order valence-corrected chi connectivity index (χ3v) is 2.34. The maximum atomic E-state index is 11.4. The van der Waals surface area contributed by atoms with Crippen LogP contribution in [-0.4, -0.2) is 18.5 Å². The Bertz CT molecular complexity index is 185. The van der Waals surface area contributed by atoms with Crippen LogP contribution in [0.15, 0.2) is 0 Å². The molecule has 0 rings (SSSR count). The van der Waals surface area contributed by atoms with Gasteiger partial charge in [-0.3, -0.25) is 4.79 Å². The second-order valence-corrected chi connectivity index (χ2v) is 5.46. The highest BCUT2D eigenvalue weighted by molar-refractivity contribution is 5.76. The van der Waals surface area contributed by atoms with Gasteiger partial charge in [-0.25, -0.2) is 0 Å². The number of hydrogen-bond acceptors (Lipinski definition) is 2. The molecule has 0 aromatic rings. The Morgan fingerprint density at radius 3 is 2.47 bits per heavy atom. The minimum atomic E-state index is 0.127. The van der Waals surface area contributed by atoms with E-state index in [1.54, 1.807) is 0 Å². The van der Waals surface area contributed by atoms with Crippen LogP contribution in [-0.2, 0) is 4.79 Å². The molecule has 0 radical (unpaired) electrons. The molecule has 0 aromatic carbocycles. The van der Waals surface area contributed by atoms with Gasteiger partial charge in [0.2, 0.25) is 5.91 Å². The van der Waals surface area contributed by atoms with Crippen molar-refractivity contribution in [3.8, 4) is 0 Å². The summed E-state index contributed by atoms with van der Waals surface area (Å²) in [7, 11) is 0. The lowest BCUT2D eigenvalue weighted by atomic mass is 9.89. The highest BCUT2D eigenvalue weighted by Crippen LogP contribution is 2.21. The topological polar surface area (TPSA) is 55.1 Å². The molecule has 1 atom stereocenters. The van der Waals surface area contributed by atoms with Gasteiger partial charge in [0.25, 0.3) is 0 Å². The van der Waals surface area contributed by atoms with Crippen LogP contribution in [0.4, 0.5) is 0 Å². The van der Waals surface area contributed by atoms with Crippen LogP contribution in [0.5, 0.6) is 0 Å². The maximum absolute atomic E-state index is 11.4. The SMILES string of the molecule is CC(CCC(C)(C)C)NC(=O)CCCN. The smallest absolute Gasteiger partial charge is 0.220 e. The van der Waals surface area contributed by atoms with E-state index in [9.17, 15) is 4.79 Å². The standard InChI is InChI=1S/C12H26N2O/c1-10(7-8-12(2,3)4)14-11(15)6-5-9-13/h10H,5-9,13H2,1-4H3,(H,14,15). The molecular weight excluding hydrogens is 188 g/mol. The largest absolute Gasteiger partial charge is 0.354 e. The summed E-state index contributed by atoms with van der Waals surface area (Å²) >= 11 is 0. The quantitative estimate of drug-likeness (QED) is 0.711. The summed E-state index contributed by atoms with van der Waals surface area (Å²) in [5.41, 5.74) is 5.69. The van der Waals surface area contributed by atoms with Crippen molar-refractivity contribution in [3.05, 3.63) is 0 Å². The highest BCUT2D eigenvalue weighted by atomic mass is 16.1. The van der Waals surface area contributed by atoms with E-state index >= 15 is 0 Å². The van der Waals surface area contributed by atoms with Crippen LogP contribution in [0, 0.1) is 5.41 Å². The van der Waals surface area contributed by atoms with E-state index in [2.05, 4.69) is 33.0 Å². The molecule has 0 aromatic heterocycles. The van der Waals surface area contributed by atoms with E-state index in [4.69, 9.17) is 5.73 Å². The molecule has 3 nitrogen and oxygen atoms in total. The summed E-state index contributed by atoms with van der Waals surface area (Å²) in [5.74, 6) is 0.127. The van der Waals surface area contributed by atoms with Gasteiger partial charge in [0.15, 0.2) is 0 Å². The molecule has 0 aliphatic rings. The molecule has 0 saturated heterocycles. The number of carbonyl (C=O) groups excluding carboxylic acids is 1. The molecule has 1 unspecified atom stereocenters. The molecule has 0 heterocycles. The number of nitrogens with two attached hydrogens (primary N) is 1. The molecule has 0 saturated carbocycles. The molecule has 0 bridgehead atoms. The summed E-state index contributed by atoms with van der Waals surface area (Å²) in [6.45, 7) is 9.30. The van der Waals surface area contributed by atoms with Gasteiger partial charge in [0, 0.05) is 12.5 Å². The third kappa shape index (κ3) is 9.73. The van der Waals surface area contributed by atoms with Gasteiger partial charge in [-0.05, 0) is 38.1 Å². The lowest BCUT2D eigenvalue weighted by Gasteiger charge is -2.21. The zero-order valence-electron chi connectivity index (χ0n) is 10.6. The van der Waals surface area contributed by atoms with Crippen molar-refractivity contribution >= 4 is 5.91 Å². The number of amides is 1. The molecule has 3 heteroatoms. The molecule has 3 N–H and O–H groups in total. The lowest BCUT2D eigenvalue weighted by Crippen LogP contribution is -2.33. The van der Waals surface area contributed by atoms with Crippen LogP contribution < -0.4 is 11.1 Å². The summed E-state index contributed by atoms with van der Waals surface area (Å²) < 4.78 is 0. The van der Waals surface area contributed by atoms with Crippen LogP contribution in [0.25, 0.3) is 0 Å². The minimum absolute atomic E-state index is 0.127. The Kier molecular flexibility index (Phi) is 6.57. The second kappa shape index (κ2) is 6.83. The first-order valence-electron chi connectivity index (χ1n) is 5.84. The monoisotopic (exact) mass is 214 g/mol. The van der Waals surface area contributed by atoms with E-state index in [1.165, 1.54) is 0 Å². The second-order valence-electron chi connectivity index (χ2n) is 5.46. The molecule has 0 aliphatic carbocycles. The number of hydrogen-bond donors (Lipinski definition) is 2. The molecule has 15 heavy (non-hydrogen) atoms. The Hall–Kier alpha value is -0.570. The van der Waals surface area contributed by atoms with E-state index in [-0.39, 0.29) is 11.9 Å². The normalized spacial score (nSPS) is 13.7. The molecule has 0 spiro atoms. The van der Waals surface area contributed by atoms with Crippen molar-refractivity contribution in [2.45, 2.75) is 59.4 Å².